The van der Waals surface area contributed by atoms with Crippen LogP contribution in [-0.4, -0.2) is 9.55 Å². The quantitative estimate of drug-likeness (QED) is 0.836. The van der Waals surface area contributed by atoms with Crippen molar-refractivity contribution in [2.45, 2.75) is 38.3 Å². The monoisotopic (exact) mass is 215 g/mol. The summed E-state index contributed by atoms with van der Waals surface area (Å²) in [4.78, 5) is 4.61. The molecule has 0 spiro atoms. The first-order valence-electron chi connectivity index (χ1n) is 6.06. The van der Waals surface area contributed by atoms with Crippen LogP contribution < -0.4 is 5.73 Å². The molecule has 1 aromatic heterocycles. The molecule has 3 heteroatoms. The Morgan fingerprint density at radius 3 is 2.75 bits per heavy atom. The van der Waals surface area contributed by atoms with Crippen molar-refractivity contribution in [1.29, 1.82) is 0 Å². The largest absolute Gasteiger partial charge is 0.324 e. The van der Waals surface area contributed by atoms with Crippen molar-refractivity contribution in [3.8, 4) is 0 Å². The molecule has 0 amide bonds. The van der Waals surface area contributed by atoms with Gasteiger partial charge in [0.2, 0.25) is 0 Å². The summed E-state index contributed by atoms with van der Waals surface area (Å²) in [5.74, 6) is 1.04. The molecule has 0 aliphatic heterocycles. The van der Waals surface area contributed by atoms with Crippen LogP contribution in [0.3, 0.4) is 0 Å². The van der Waals surface area contributed by atoms with E-state index in [9.17, 15) is 0 Å². The van der Waals surface area contributed by atoms with Crippen molar-refractivity contribution in [2.24, 2.45) is 5.73 Å². The topological polar surface area (TPSA) is 43.8 Å². The molecule has 1 aliphatic carbocycles. The highest BCUT2D eigenvalue weighted by Crippen LogP contribution is 2.33. The minimum atomic E-state index is 0.533. The Hall–Kier alpha value is -1.35. The third-order valence-corrected chi connectivity index (χ3v) is 3.54. The van der Waals surface area contributed by atoms with Crippen LogP contribution >= 0.6 is 0 Å². The summed E-state index contributed by atoms with van der Waals surface area (Å²) < 4.78 is 2.36. The highest BCUT2D eigenvalue weighted by atomic mass is 15.1. The Kier molecular flexibility index (Phi) is 2.40. The van der Waals surface area contributed by atoms with Gasteiger partial charge >= 0.3 is 0 Å². The fourth-order valence-corrected chi connectivity index (χ4v) is 2.81. The molecule has 0 saturated heterocycles. The second kappa shape index (κ2) is 3.91. The van der Waals surface area contributed by atoms with Crippen LogP contribution in [0.4, 0.5) is 0 Å². The van der Waals surface area contributed by atoms with Gasteiger partial charge in [0.05, 0.1) is 17.6 Å². The Balaban J connectivity index is 2.18. The van der Waals surface area contributed by atoms with Crippen LogP contribution in [0.15, 0.2) is 24.3 Å². The maximum atomic E-state index is 5.80. The predicted octanol–water partition coefficient (Wildman–Crippen LogP) is 2.61. The van der Waals surface area contributed by atoms with E-state index in [0.717, 1.165) is 11.3 Å². The molecule has 2 N–H and O–H groups in total. The number of hydrogen-bond donors (Lipinski definition) is 1. The lowest BCUT2D eigenvalue weighted by Gasteiger charge is -2.15. The zero-order chi connectivity index (χ0) is 11.0. The van der Waals surface area contributed by atoms with Gasteiger partial charge in [0, 0.05) is 6.04 Å². The van der Waals surface area contributed by atoms with E-state index in [1.165, 1.54) is 31.2 Å². The molecule has 3 nitrogen and oxygen atoms in total. The van der Waals surface area contributed by atoms with Crippen LogP contribution in [-0.2, 0) is 6.54 Å². The lowest BCUT2D eigenvalue weighted by molar-refractivity contribution is 0.511. The van der Waals surface area contributed by atoms with Crippen LogP contribution in [0.2, 0.25) is 0 Å². The van der Waals surface area contributed by atoms with Crippen LogP contribution in [0.25, 0.3) is 11.0 Å². The van der Waals surface area contributed by atoms with E-state index in [0.29, 0.717) is 12.6 Å². The number of hydrogen-bond acceptors (Lipinski definition) is 2. The number of benzene rings is 1. The third kappa shape index (κ3) is 1.43. The lowest BCUT2D eigenvalue weighted by atomic mass is 10.2. The Morgan fingerprint density at radius 1 is 1.25 bits per heavy atom. The molecule has 1 heterocycles. The number of nitrogens with two attached hydrogens (primary N) is 1. The molecule has 1 aromatic carbocycles. The fourth-order valence-electron chi connectivity index (χ4n) is 2.81. The number of aromatic nitrogens is 2. The van der Waals surface area contributed by atoms with Crippen LogP contribution in [0, 0.1) is 0 Å². The van der Waals surface area contributed by atoms with E-state index < -0.39 is 0 Å². The van der Waals surface area contributed by atoms with Gasteiger partial charge in [-0.15, -0.1) is 0 Å². The van der Waals surface area contributed by atoms with E-state index in [-0.39, 0.29) is 0 Å². The third-order valence-electron chi connectivity index (χ3n) is 3.54. The highest BCUT2D eigenvalue weighted by Gasteiger charge is 2.21. The van der Waals surface area contributed by atoms with Crippen molar-refractivity contribution >= 4 is 11.0 Å². The normalized spacial score (nSPS) is 17.3. The van der Waals surface area contributed by atoms with E-state index in [1.807, 2.05) is 6.07 Å². The molecule has 3 rings (SSSR count). The maximum Gasteiger partial charge on any atom is 0.123 e. The smallest absolute Gasteiger partial charge is 0.123 e. The van der Waals surface area contributed by atoms with Crippen LogP contribution in [0.5, 0.6) is 0 Å². The molecule has 1 fully saturated rings. The van der Waals surface area contributed by atoms with Gasteiger partial charge in [-0.25, -0.2) is 4.98 Å². The molecule has 16 heavy (non-hydrogen) atoms. The van der Waals surface area contributed by atoms with Crippen molar-refractivity contribution in [1.82, 2.24) is 9.55 Å². The van der Waals surface area contributed by atoms with Gasteiger partial charge in [-0.1, -0.05) is 25.0 Å². The molecule has 2 aromatic rings. The fraction of sp³-hybridized carbons (Fsp3) is 0.462. The Morgan fingerprint density at radius 2 is 2.00 bits per heavy atom. The molecule has 0 radical (unpaired) electrons. The predicted molar refractivity (Wildman–Crippen MR) is 65.1 cm³/mol. The number of para-hydroxylation sites is 2. The van der Waals surface area contributed by atoms with Crippen molar-refractivity contribution in [3.05, 3.63) is 30.1 Å². The van der Waals surface area contributed by atoms with E-state index >= 15 is 0 Å². The average molecular weight is 215 g/mol. The summed E-state index contributed by atoms with van der Waals surface area (Å²) in [6.07, 6.45) is 5.21. The van der Waals surface area contributed by atoms with E-state index in [4.69, 9.17) is 5.73 Å². The summed E-state index contributed by atoms with van der Waals surface area (Å²) in [6, 6.07) is 8.95. The van der Waals surface area contributed by atoms with Crippen molar-refractivity contribution in [3.63, 3.8) is 0 Å². The van der Waals surface area contributed by atoms with Crippen molar-refractivity contribution in [2.75, 3.05) is 0 Å². The molecule has 0 bridgehead atoms. The number of fused-ring (bicyclic) bond motifs is 1. The minimum Gasteiger partial charge on any atom is -0.324 e. The van der Waals surface area contributed by atoms with Gasteiger partial charge in [0.1, 0.15) is 5.82 Å². The number of rotatable bonds is 2. The lowest BCUT2D eigenvalue weighted by Crippen LogP contribution is -2.12. The zero-order valence-electron chi connectivity index (χ0n) is 9.39. The summed E-state index contributed by atoms with van der Waals surface area (Å²) in [5.41, 5.74) is 8.12. The first-order chi connectivity index (χ1) is 7.90. The highest BCUT2D eigenvalue weighted by molar-refractivity contribution is 5.76. The maximum absolute atomic E-state index is 5.80. The summed E-state index contributed by atoms with van der Waals surface area (Å²) in [5, 5.41) is 0. The molecular formula is C13H17N3. The van der Waals surface area contributed by atoms with E-state index in [1.54, 1.807) is 0 Å². The molecule has 1 saturated carbocycles. The second-order valence-electron chi connectivity index (χ2n) is 4.53. The Labute approximate surface area is 95.3 Å². The molecule has 0 unspecified atom stereocenters. The number of imidazole rings is 1. The van der Waals surface area contributed by atoms with Gasteiger partial charge in [0.15, 0.2) is 0 Å². The summed E-state index contributed by atoms with van der Waals surface area (Å²) in [6.45, 7) is 0.533. The average Bonchev–Trinajstić information content (AvgIpc) is 2.94. The summed E-state index contributed by atoms with van der Waals surface area (Å²) >= 11 is 0. The zero-order valence-corrected chi connectivity index (χ0v) is 9.39. The first kappa shape index (κ1) is 9.85. The van der Waals surface area contributed by atoms with Gasteiger partial charge in [-0.2, -0.15) is 0 Å². The van der Waals surface area contributed by atoms with Gasteiger partial charge in [0.25, 0.3) is 0 Å². The van der Waals surface area contributed by atoms with Crippen molar-refractivity contribution < 1.29 is 0 Å². The van der Waals surface area contributed by atoms with Gasteiger partial charge in [-0.05, 0) is 25.0 Å². The summed E-state index contributed by atoms with van der Waals surface area (Å²) in [7, 11) is 0. The van der Waals surface area contributed by atoms with Crippen LogP contribution in [0.1, 0.15) is 37.5 Å². The molecule has 84 valence electrons. The molecule has 0 atom stereocenters. The SMILES string of the molecule is NCc1nc2ccccc2n1C1CCCC1. The Bertz CT molecular complexity index is 495. The van der Waals surface area contributed by atoms with Gasteiger partial charge < -0.3 is 10.3 Å². The molecular weight excluding hydrogens is 198 g/mol. The molecule has 1 aliphatic rings. The minimum absolute atomic E-state index is 0.533. The van der Waals surface area contributed by atoms with Gasteiger partial charge in [-0.3, -0.25) is 0 Å². The number of nitrogens with zero attached hydrogens (tertiary/aromatic N) is 2. The first-order valence-corrected chi connectivity index (χ1v) is 6.06. The standard InChI is InChI=1S/C13H17N3/c14-9-13-15-11-7-3-4-8-12(11)16(13)10-5-1-2-6-10/h3-4,7-8,10H,1-2,5-6,9,14H2. The van der Waals surface area contributed by atoms with E-state index in [2.05, 4.69) is 27.8 Å². The second-order valence-corrected chi connectivity index (χ2v) is 4.53.